The minimum Gasteiger partial charge on any atom is -0.462 e. The second kappa shape index (κ2) is 42.6. The van der Waals surface area contributed by atoms with Gasteiger partial charge in [-0.3, -0.25) is 9.59 Å². The molecule has 6 atom stereocenters. The maximum Gasteiger partial charge on any atom is 0.306 e. The first-order valence-electron chi connectivity index (χ1n) is 25.2. The van der Waals surface area contributed by atoms with Crippen molar-refractivity contribution in [2.24, 2.45) is 0 Å². The number of esters is 2. The van der Waals surface area contributed by atoms with Crippen LogP contribution in [0.3, 0.4) is 0 Å². The standard InChI is InChI=1S/C52H92O10/c1-3-5-7-9-11-13-15-17-19-21-22-23-24-25-27-29-31-33-35-37-39-41-48(55)61-45(44-60-52-51(58)50(57)49(56)46(42-53)62-52)43-59-47(54)40-38-36-34-32-30-28-26-20-18-16-14-12-10-8-6-4-2/h5,7,11,13,17,19,22-23,45-46,49-53,56-58H,3-4,6,8-10,12,14-16,18,20-21,24-44H2,1-2H3/b7-5-,13-11-,19-17-,23-22-. The van der Waals surface area contributed by atoms with Crippen LogP contribution < -0.4 is 0 Å². The number of aliphatic hydroxyl groups is 4. The zero-order chi connectivity index (χ0) is 45.1. The molecule has 0 aliphatic carbocycles. The van der Waals surface area contributed by atoms with Crippen LogP contribution in [0.25, 0.3) is 0 Å². The van der Waals surface area contributed by atoms with Crippen molar-refractivity contribution in [3.05, 3.63) is 48.6 Å². The Morgan fingerprint density at radius 2 is 0.952 bits per heavy atom. The lowest BCUT2D eigenvalue weighted by Crippen LogP contribution is -2.59. The lowest BCUT2D eigenvalue weighted by atomic mass is 9.99. The molecule has 0 saturated carbocycles. The highest BCUT2D eigenvalue weighted by Gasteiger charge is 2.44. The lowest BCUT2D eigenvalue weighted by molar-refractivity contribution is -0.305. The maximum absolute atomic E-state index is 12.8. The summed E-state index contributed by atoms with van der Waals surface area (Å²) < 4.78 is 22.2. The van der Waals surface area contributed by atoms with Crippen LogP contribution in [0.4, 0.5) is 0 Å². The molecule has 10 nitrogen and oxygen atoms in total. The third-order valence-electron chi connectivity index (χ3n) is 11.5. The van der Waals surface area contributed by atoms with Crippen LogP contribution in [0, 0.1) is 0 Å². The molecule has 62 heavy (non-hydrogen) atoms. The van der Waals surface area contributed by atoms with Crippen LogP contribution in [0.1, 0.15) is 213 Å². The van der Waals surface area contributed by atoms with E-state index in [0.717, 1.165) is 70.6 Å². The summed E-state index contributed by atoms with van der Waals surface area (Å²) in [6.07, 6.45) is 44.0. The van der Waals surface area contributed by atoms with Gasteiger partial charge in [-0.1, -0.05) is 197 Å². The van der Waals surface area contributed by atoms with Crippen molar-refractivity contribution < 1.29 is 49.0 Å². The molecule has 360 valence electrons. The third-order valence-corrected chi connectivity index (χ3v) is 11.5. The molecule has 0 bridgehead atoms. The number of rotatable bonds is 42. The molecular formula is C52H92O10. The summed E-state index contributed by atoms with van der Waals surface area (Å²) in [4.78, 5) is 25.4. The molecule has 0 aromatic rings. The first kappa shape index (κ1) is 57.7. The molecule has 0 aromatic carbocycles. The Hall–Kier alpha value is -2.34. The van der Waals surface area contributed by atoms with E-state index in [2.05, 4.69) is 62.5 Å². The number of ether oxygens (including phenoxy) is 4. The van der Waals surface area contributed by atoms with E-state index in [9.17, 15) is 30.0 Å². The second-order valence-electron chi connectivity index (χ2n) is 17.2. The van der Waals surface area contributed by atoms with E-state index < -0.39 is 49.4 Å². The second-order valence-corrected chi connectivity index (χ2v) is 17.2. The quantitative estimate of drug-likeness (QED) is 0.0265. The van der Waals surface area contributed by atoms with Gasteiger partial charge in [0.1, 0.15) is 31.0 Å². The van der Waals surface area contributed by atoms with Gasteiger partial charge in [-0.05, 0) is 51.4 Å². The third kappa shape index (κ3) is 33.2. The normalized spacial score (nSPS) is 20.0. The van der Waals surface area contributed by atoms with Crippen LogP contribution in [-0.4, -0.2) is 89.0 Å². The molecule has 1 heterocycles. The van der Waals surface area contributed by atoms with Gasteiger partial charge in [0, 0.05) is 12.8 Å². The highest BCUT2D eigenvalue weighted by molar-refractivity contribution is 5.70. The van der Waals surface area contributed by atoms with Crippen LogP contribution in [-0.2, 0) is 28.5 Å². The summed E-state index contributed by atoms with van der Waals surface area (Å²) >= 11 is 0. The lowest BCUT2D eigenvalue weighted by Gasteiger charge is -2.39. The van der Waals surface area contributed by atoms with Crippen molar-refractivity contribution in [3.63, 3.8) is 0 Å². The molecular weight excluding hydrogens is 785 g/mol. The van der Waals surface area contributed by atoms with E-state index in [1.54, 1.807) is 0 Å². The molecule has 1 aliphatic heterocycles. The van der Waals surface area contributed by atoms with E-state index in [0.29, 0.717) is 6.42 Å². The van der Waals surface area contributed by atoms with Gasteiger partial charge in [-0.2, -0.15) is 0 Å². The summed E-state index contributed by atoms with van der Waals surface area (Å²) in [5.41, 5.74) is 0. The van der Waals surface area contributed by atoms with Crippen molar-refractivity contribution in [3.8, 4) is 0 Å². The van der Waals surface area contributed by atoms with E-state index in [4.69, 9.17) is 18.9 Å². The Labute approximate surface area is 378 Å². The molecule has 4 N–H and O–H groups in total. The minimum absolute atomic E-state index is 0.219. The number of carbonyl (C=O) groups is 2. The fourth-order valence-corrected chi connectivity index (χ4v) is 7.53. The van der Waals surface area contributed by atoms with Crippen molar-refractivity contribution in [1.29, 1.82) is 0 Å². The van der Waals surface area contributed by atoms with E-state index >= 15 is 0 Å². The number of carbonyl (C=O) groups excluding carboxylic acids is 2. The molecule has 0 aromatic heterocycles. The summed E-state index contributed by atoms with van der Waals surface area (Å²) in [6.45, 7) is 3.33. The fraction of sp³-hybridized carbons (Fsp3) is 0.808. The molecule has 0 amide bonds. The van der Waals surface area contributed by atoms with Gasteiger partial charge in [-0.15, -0.1) is 0 Å². The molecule has 1 aliphatic rings. The first-order valence-corrected chi connectivity index (χ1v) is 25.2. The van der Waals surface area contributed by atoms with Crippen LogP contribution >= 0.6 is 0 Å². The van der Waals surface area contributed by atoms with Gasteiger partial charge in [0.25, 0.3) is 0 Å². The highest BCUT2D eigenvalue weighted by Crippen LogP contribution is 2.23. The van der Waals surface area contributed by atoms with Gasteiger partial charge in [0.15, 0.2) is 12.4 Å². The number of unbranched alkanes of at least 4 members (excludes halogenated alkanes) is 23. The summed E-state index contributed by atoms with van der Waals surface area (Å²) in [6, 6.07) is 0. The molecule has 6 unspecified atom stereocenters. The SMILES string of the molecule is CC/C=C\C/C=C\C/C=C\C/C=C\CCCCCCCCCCC(=O)OC(COC(=O)CCCCCCCCCCCCCCCCCC)COC1OC(CO)C(O)C(O)C1O. The number of allylic oxidation sites excluding steroid dienone is 8. The summed E-state index contributed by atoms with van der Waals surface area (Å²) in [7, 11) is 0. The average molecular weight is 877 g/mol. The first-order chi connectivity index (χ1) is 30.3. The predicted molar refractivity (Wildman–Crippen MR) is 252 cm³/mol. The van der Waals surface area contributed by atoms with Crippen LogP contribution in [0.5, 0.6) is 0 Å². The molecule has 10 heteroatoms. The largest absolute Gasteiger partial charge is 0.462 e. The van der Waals surface area contributed by atoms with Crippen molar-refractivity contribution >= 4 is 11.9 Å². The smallest absolute Gasteiger partial charge is 0.306 e. The van der Waals surface area contributed by atoms with E-state index in [-0.39, 0.29) is 32.0 Å². The molecule has 1 saturated heterocycles. The average Bonchev–Trinajstić information content (AvgIpc) is 3.27. The monoisotopic (exact) mass is 877 g/mol. The fourth-order valence-electron chi connectivity index (χ4n) is 7.53. The topological polar surface area (TPSA) is 152 Å². The van der Waals surface area contributed by atoms with E-state index in [1.165, 1.54) is 109 Å². The van der Waals surface area contributed by atoms with Gasteiger partial charge >= 0.3 is 11.9 Å². The van der Waals surface area contributed by atoms with Crippen molar-refractivity contribution in [2.45, 2.75) is 250 Å². The van der Waals surface area contributed by atoms with Crippen LogP contribution in [0.2, 0.25) is 0 Å². The Morgan fingerprint density at radius 3 is 1.44 bits per heavy atom. The Bertz CT molecular complexity index is 1150. The Balaban J connectivity index is 2.27. The predicted octanol–water partition coefficient (Wildman–Crippen LogP) is 11.6. The van der Waals surface area contributed by atoms with Gasteiger partial charge in [0.05, 0.1) is 13.2 Å². The zero-order valence-electron chi connectivity index (χ0n) is 39.4. The van der Waals surface area contributed by atoms with E-state index in [1.807, 2.05) is 0 Å². The summed E-state index contributed by atoms with van der Waals surface area (Å²) in [5, 5.41) is 40.2. The zero-order valence-corrected chi connectivity index (χ0v) is 39.4. The number of hydrogen-bond acceptors (Lipinski definition) is 10. The van der Waals surface area contributed by atoms with Crippen molar-refractivity contribution in [2.75, 3.05) is 19.8 Å². The summed E-state index contributed by atoms with van der Waals surface area (Å²) in [5.74, 6) is -0.809. The minimum atomic E-state index is -1.60. The Morgan fingerprint density at radius 1 is 0.516 bits per heavy atom. The molecule has 1 fully saturated rings. The molecule has 0 spiro atoms. The maximum atomic E-state index is 12.8. The van der Waals surface area contributed by atoms with Gasteiger partial charge in [-0.25, -0.2) is 0 Å². The van der Waals surface area contributed by atoms with Crippen LogP contribution in [0.15, 0.2) is 48.6 Å². The van der Waals surface area contributed by atoms with Gasteiger partial charge in [0.2, 0.25) is 0 Å². The number of hydrogen-bond donors (Lipinski definition) is 4. The molecule has 0 radical (unpaired) electrons. The number of aliphatic hydroxyl groups excluding tert-OH is 4. The Kier molecular flexibility index (Phi) is 39.6. The molecule has 1 rings (SSSR count). The highest BCUT2D eigenvalue weighted by atomic mass is 16.7. The van der Waals surface area contributed by atoms with Gasteiger partial charge < -0.3 is 39.4 Å². The van der Waals surface area contributed by atoms with Crippen molar-refractivity contribution in [1.82, 2.24) is 0 Å².